The van der Waals surface area contributed by atoms with Crippen molar-refractivity contribution in [3.05, 3.63) is 23.8 Å². The lowest BCUT2D eigenvalue weighted by Gasteiger charge is -2.10. The first kappa shape index (κ1) is 12.9. The standard InChI is InChI=1S/C14H23NO/c1-4-12-7-8-14(13(15)10-12)16-9-5-6-11(2)3/h7-8,10-11H,4-6,9,15H2,1-3H3. The van der Waals surface area contributed by atoms with Crippen LogP contribution in [-0.4, -0.2) is 6.61 Å². The molecular weight excluding hydrogens is 198 g/mol. The summed E-state index contributed by atoms with van der Waals surface area (Å²) in [6.07, 6.45) is 3.30. The van der Waals surface area contributed by atoms with Crippen molar-refractivity contribution in [2.75, 3.05) is 12.3 Å². The topological polar surface area (TPSA) is 35.2 Å². The van der Waals surface area contributed by atoms with Crippen LogP contribution in [0.25, 0.3) is 0 Å². The normalized spacial score (nSPS) is 10.8. The van der Waals surface area contributed by atoms with Gasteiger partial charge in [0.15, 0.2) is 0 Å². The number of hydrogen-bond acceptors (Lipinski definition) is 2. The Morgan fingerprint density at radius 3 is 2.62 bits per heavy atom. The van der Waals surface area contributed by atoms with Gasteiger partial charge in [0, 0.05) is 0 Å². The van der Waals surface area contributed by atoms with E-state index in [1.165, 1.54) is 12.0 Å². The molecular formula is C14H23NO. The Balaban J connectivity index is 2.42. The van der Waals surface area contributed by atoms with Gasteiger partial charge < -0.3 is 10.5 Å². The van der Waals surface area contributed by atoms with Gasteiger partial charge in [-0.1, -0.05) is 26.8 Å². The van der Waals surface area contributed by atoms with Gasteiger partial charge in [-0.2, -0.15) is 0 Å². The molecule has 0 amide bonds. The van der Waals surface area contributed by atoms with Crippen molar-refractivity contribution >= 4 is 5.69 Å². The summed E-state index contributed by atoms with van der Waals surface area (Å²) in [6, 6.07) is 6.05. The van der Waals surface area contributed by atoms with Crippen molar-refractivity contribution in [1.29, 1.82) is 0 Å². The predicted molar refractivity (Wildman–Crippen MR) is 69.8 cm³/mol. The van der Waals surface area contributed by atoms with Gasteiger partial charge in [-0.15, -0.1) is 0 Å². The van der Waals surface area contributed by atoms with Crippen molar-refractivity contribution in [3.63, 3.8) is 0 Å². The van der Waals surface area contributed by atoms with Gasteiger partial charge in [0.1, 0.15) is 5.75 Å². The Kier molecular flexibility index (Phi) is 5.17. The van der Waals surface area contributed by atoms with E-state index in [0.29, 0.717) is 0 Å². The van der Waals surface area contributed by atoms with E-state index in [0.717, 1.165) is 36.8 Å². The highest BCUT2D eigenvalue weighted by Crippen LogP contribution is 2.23. The second-order valence-electron chi connectivity index (χ2n) is 4.61. The molecule has 0 spiro atoms. The lowest BCUT2D eigenvalue weighted by Crippen LogP contribution is -2.02. The fourth-order valence-electron chi connectivity index (χ4n) is 1.62. The monoisotopic (exact) mass is 221 g/mol. The van der Waals surface area contributed by atoms with E-state index in [1.807, 2.05) is 12.1 Å². The Morgan fingerprint density at radius 2 is 2.06 bits per heavy atom. The van der Waals surface area contributed by atoms with Crippen LogP contribution >= 0.6 is 0 Å². The Hall–Kier alpha value is -1.18. The van der Waals surface area contributed by atoms with Crippen LogP contribution in [0, 0.1) is 5.92 Å². The lowest BCUT2D eigenvalue weighted by atomic mass is 10.1. The average Bonchev–Trinajstić information content (AvgIpc) is 2.25. The third-order valence-corrected chi connectivity index (χ3v) is 2.67. The van der Waals surface area contributed by atoms with Gasteiger partial charge in [-0.3, -0.25) is 0 Å². The molecule has 0 fully saturated rings. The van der Waals surface area contributed by atoms with Gasteiger partial charge in [-0.25, -0.2) is 0 Å². The van der Waals surface area contributed by atoms with Crippen molar-refractivity contribution in [2.45, 2.75) is 40.0 Å². The Bertz CT molecular complexity index is 321. The number of anilines is 1. The zero-order chi connectivity index (χ0) is 12.0. The summed E-state index contributed by atoms with van der Waals surface area (Å²) in [5.41, 5.74) is 7.92. The van der Waals surface area contributed by atoms with Crippen LogP contribution in [0.1, 0.15) is 39.2 Å². The molecule has 0 aliphatic carbocycles. The van der Waals surface area contributed by atoms with Crippen LogP contribution in [0.15, 0.2) is 18.2 Å². The number of nitrogens with two attached hydrogens (primary N) is 1. The molecule has 0 bridgehead atoms. The molecule has 1 aromatic carbocycles. The molecule has 0 atom stereocenters. The SMILES string of the molecule is CCc1ccc(OCCCC(C)C)c(N)c1. The van der Waals surface area contributed by atoms with Crippen molar-refractivity contribution in [3.8, 4) is 5.75 Å². The van der Waals surface area contributed by atoms with E-state index in [2.05, 4.69) is 26.8 Å². The fourth-order valence-corrected chi connectivity index (χ4v) is 1.62. The maximum Gasteiger partial charge on any atom is 0.142 e. The van der Waals surface area contributed by atoms with Crippen LogP contribution in [0.4, 0.5) is 5.69 Å². The molecule has 0 aliphatic heterocycles. The van der Waals surface area contributed by atoms with Crippen molar-refractivity contribution in [1.82, 2.24) is 0 Å². The molecule has 0 radical (unpaired) electrons. The molecule has 2 nitrogen and oxygen atoms in total. The van der Waals surface area contributed by atoms with Crippen LogP contribution in [0.3, 0.4) is 0 Å². The van der Waals surface area contributed by atoms with Gasteiger partial charge in [-0.05, 0) is 42.9 Å². The number of hydrogen-bond donors (Lipinski definition) is 1. The molecule has 90 valence electrons. The number of aryl methyl sites for hydroxylation is 1. The predicted octanol–water partition coefficient (Wildman–Crippen LogP) is 3.65. The molecule has 1 rings (SSSR count). The first-order valence-corrected chi connectivity index (χ1v) is 6.14. The quantitative estimate of drug-likeness (QED) is 0.588. The first-order valence-electron chi connectivity index (χ1n) is 6.14. The summed E-state index contributed by atoms with van der Waals surface area (Å²) in [7, 11) is 0. The summed E-state index contributed by atoms with van der Waals surface area (Å²) >= 11 is 0. The Labute approximate surface area is 98.8 Å². The van der Waals surface area contributed by atoms with Crippen LogP contribution in [0.2, 0.25) is 0 Å². The number of benzene rings is 1. The van der Waals surface area contributed by atoms with E-state index < -0.39 is 0 Å². The summed E-state index contributed by atoms with van der Waals surface area (Å²) in [4.78, 5) is 0. The number of rotatable bonds is 6. The largest absolute Gasteiger partial charge is 0.491 e. The maximum atomic E-state index is 5.91. The van der Waals surface area contributed by atoms with Crippen molar-refractivity contribution in [2.24, 2.45) is 5.92 Å². The molecule has 0 aliphatic rings. The summed E-state index contributed by atoms with van der Waals surface area (Å²) in [5, 5.41) is 0. The highest BCUT2D eigenvalue weighted by Gasteiger charge is 2.01. The highest BCUT2D eigenvalue weighted by atomic mass is 16.5. The molecule has 1 aromatic rings. The third kappa shape index (κ3) is 4.13. The third-order valence-electron chi connectivity index (χ3n) is 2.67. The second kappa shape index (κ2) is 6.41. The van der Waals surface area contributed by atoms with Crippen molar-refractivity contribution < 1.29 is 4.74 Å². The zero-order valence-electron chi connectivity index (χ0n) is 10.6. The molecule has 2 N–H and O–H groups in total. The van der Waals surface area contributed by atoms with E-state index in [4.69, 9.17) is 10.5 Å². The summed E-state index contributed by atoms with van der Waals surface area (Å²) < 4.78 is 5.66. The summed E-state index contributed by atoms with van der Waals surface area (Å²) in [6.45, 7) is 7.33. The fraction of sp³-hybridized carbons (Fsp3) is 0.571. The molecule has 0 saturated carbocycles. The van der Waals surface area contributed by atoms with Gasteiger partial charge in [0.2, 0.25) is 0 Å². The Morgan fingerprint density at radius 1 is 1.31 bits per heavy atom. The minimum atomic E-state index is 0.739. The molecule has 16 heavy (non-hydrogen) atoms. The number of nitrogen functional groups attached to an aromatic ring is 1. The average molecular weight is 221 g/mol. The first-order chi connectivity index (χ1) is 7.63. The van der Waals surface area contributed by atoms with Gasteiger partial charge in [0.25, 0.3) is 0 Å². The van der Waals surface area contributed by atoms with E-state index in [1.54, 1.807) is 0 Å². The second-order valence-corrected chi connectivity index (χ2v) is 4.61. The lowest BCUT2D eigenvalue weighted by molar-refractivity contribution is 0.299. The van der Waals surface area contributed by atoms with E-state index in [-0.39, 0.29) is 0 Å². The van der Waals surface area contributed by atoms with Crippen LogP contribution < -0.4 is 10.5 Å². The molecule has 0 aromatic heterocycles. The van der Waals surface area contributed by atoms with Gasteiger partial charge in [0.05, 0.1) is 12.3 Å². The minimum Gasteiger partial charge on any atom is -0.491 e. The molecule has 0 heterocycles. The smallest absolute Gasteiger partial charge is 0.142 e. The molecule has 0 unspecified atom stereocenters. The maximum absolute atomic E-state index is 5.91. The number of ether oxygens (including phenoxy) is 1. The zero-order valence-corrected chi connectivity index (χ0v) is 10.6. The highest BCUT2D eigenvalue weighted by molar-refractivity contribution is 5.54. The molecule has 2 heteroatoms. The van der Waals surface area contributed by atoms with E-state index in [9.17, 15) is 0 Å². The molecule has 0 saturated heterocycles. The van der Waals surface area contributed by atoms with E-state index >= 15 is 0 Å². The van der Waals surface area contributed by atoms with Crippen LogP contribution in [0.5, 0.6) is 5.75 Å². The van der Waals surface area contributed by atoms with Crippen LogP contribution in [-0.2, 0) is 6.42 Å². The minimum absolute atomic E-state index is 0.739. The van der Waals surface area contributed by atoms with Gasteiger partial charge >= 0.3 is 0 Å². The summed E-state index contributed by atoms with van der Waals surface area (Å²) in [5.74, 6) is 1.56.